The van der Waals surface area contributed by atoms with Gasteiger partial charge in [-0.1, -0.05) is 48.0 Å². The summed E-state index contributed by atoms with van der Waals surface area (Å²) in [5.74, 6) is -0.830. The lowest BCUT2D eigenvalue weighted by Gasteiger charge is -2.24. The number of hydrogen-bond acceptors (Lipinski definition) is 2. The Kier molecular flexibility index (Phi) is 6.93. The summed E-state index contributed by atoms with van der Waals surface area (Å²) in [4.78, 5) is 26.3. The van der Waals surface area contributed by atoms with Crippen molar-refractivity contribution in [2.24, 2.45) is 0 Å². The monoisotopic (exact) mass is 406 g/mol. The van der Waals surface area contributed by atoms with Crippen LogP contribution < -0.4 is 15.5 Å². The number of carbonyl (C=O) groups is 2. The summed E-state index contributed by atoms with van der Waals surface area (Å²) in [7, 11) is 1.80. The normalized spacial score (nSPS) is 12.6. The minimum Gasteiger partial charge on any atom is -0.321 e. The van der Waals surface area contributed by atoms with Crippen molar-refractivity contribution in [1.29, 1.82) is 0 Å². The van der Waals surface area contributed by atoms with Gasteiger partial charge >= 0.3 is 0 Å². The van der Waals surface area contributed by atoms with Gasteiger partial charge in [-0.2, -0.15) is 0 Å². The molecule has 154 valence electrons. The van der Waals surface area contributed by atoms with Crippen LogP contribution in [0.1, 0.15) is 17.2 Å². The molecule has 2 atom stereocenters. The van der Waals surface area contributed by atoms with Gasteiger partial charge in [0.2, 0.25) is 0 Å². The van der Waals surface area contributed by atoms with Crippen molar-refractivity contribution in [3.05, 3.63) is 95.8 Å². The van der Waals surface area contributed by atoms with E-state index >= 15 is 0 Å². The molecule has 2 amide bonds. The zero-order chi connectivity index (χ0) is 21.5. The minimum atomic E-state index is -0.611. The predicted molar refractivity (Wildman–Crippen MR) is 116 cm³/mol. The molecule has 0 saturated heterocycles. The summed E-state index contributed by atoms with van der Waals surface area (Å²) in [6.07, 6.45) is 0. The van der Waals surface area contributed by atoms with E-state index in [1.807, 2.05) is 61.5 Å². The van der Waals surface area contributed by atoms with Crippen LogP contribution in [0.2, 0.25) is 0 Å². The van der Waals surface area contributed by atoms with Crippen LogP contribution in [0.25, 0.3) is 0 Å². The third-order valence-corrected chi connectivity index (χ3v) is 4.77. The summed E-state index contributed by atoms with van der Waals surface area (Å²) in [6, 6.07) is 21.8. The van der Waals surface area contributed by atoms with Crippen LogP contribution in [0.15, 0.2) is 78.9 Å². The van der Waals surface area contributed by atoms with Crippen molar-refractivity contribution in [1.82, 2.24) is 0 Å². The molecule has 3 rings (SSSR count). The number of anilines is 2. The van der Waals surface area contributed by atoms with E-state index in [1.165, 1.54) is 24.3 Å². The molecule has 0 aromatic heterocycles. The lowest BCUT2D eigenvalue weighted by molar-refractivity contribution is -0.893. The summed E-state index contributed by atoms with van der Waals surface area (Å²) >= 11 is 0. The van der Waals surface area contributed by atoms with Gasteiger partial charge in [0.1, 0.15) is 5.82 Å². The Morgan fingerprint density at radius 1 is 0.867 bits per heavy atom. The van der Waals surface area contributed by atoms with Gasteiger partial charge in [-0.05, 0) is 43.3 Å². The first-order chi connectivity index (χ1) is 14.4. The number of benzene rings is 3. The zero-order valence-electron chi connectivity index (χ0n) is 17.0. The Balaban J connectivity index is 1.74. The number of quaternary nitrogens is 1. The van der Waals surface area contributed by atoms with Gasteiger partial charge in [-0.3, -0.25) is 9.59 Å². The maximum atomic E-state index is 13.2. The number of rotatable bonds is 7. The Morgan fingerprint density at radius 2 is 1.43 bits per heavy atom. The van der Waals surface area contributed by atoms with Gasteiger partial charge in [0, 0.05) is 16.9 Å². The van der Waals surface area contributed by atoms with Crippen molar-refractivity contribution in [3.63, 3.8) is 0 Å². The maximum absolute atomic E-state index is 13.2. The van der Waals surface area contributed by atoms with E-state index in [0.29, 0.717) is 16.3 Å². The van der Waals surface area contributed by atoms with Crippen LogP contribution in [0.4, 0.5) is 15.8 Å². The van der Waals surface area contributed by atoms with E-state index in [2.05, 4.69) is 10.6 Å². The smallest absolute Gasteiger partial charge is 0.287 e. The first kappa shape index (κ1) is 21.2. The first-order valence-electron chi connectivity index (χ1n) is 9.72. The number of nitrogens with one attached hydrogen (secondary N) is 3. The van der Waals surface area contributed by atoms with Crippen molar-refractivity contribution >= 4 is 23.2 Å². The molecule has 0 bridgehead atoms. The predicted octanol–water partition coefficient (Wildman–Crippen LogP) is 2.97. The summed E-state index contributed by atoms with van der Waals surface area (Å²) in [5, 5.41) is 5.69. The molecular formula is C24H25FN3O2+. The molecule has 1 unspecified atom stereocenters. The highest BCUT2D eigenvalue weighted by Crippen LogP contribution is 2.14. The number of aryl methyl sites for hydroxylation is 1. The van der Waals surface area contributed by atoms with Crippen LogP contribution in [-0.4, -0.2) is 25.4 Å². The average Bonchev–Trinajstić information content (AvgIpc) is 2.72. The van der Waals surface area contributed by atoms with Gasteiger partial charge in [-0.25, -0.2) is 4.39 Å². The van der Waals surface area contributed by atoms with Gasteiger partial charge in [0.15, 0.2) is 12.6 Å². The summed E-state index contributed by atoms with van der Waals surface area (Å²) in [5.41, 5.74) is 3.11. The average molecular weight is 406 g/mol. The molecule has 3 N–H and O–H groups in total. The Hall–Kier alpha value is -3.51. The maximum Gasteiger partial charge on any atom is 0.287 e. The molecule has 0 radical (unpaired) electrons. The molecule has 0 saturated carbocycles. The lowest BCUT2D eigenvalue weighted by Crippen LogP contribution is -3.11. The van der Waals surface area contributed by atoms with Crippen LogP contribution in [0.5, 0.6) is 0 Å². The van der Waals surface area contributed by atoms with Crippen molar-refractivity contribution in [3.8, 4) is 0 Å². The highest BCUT2D eigenvalue weighted by molar-refractivity contribution is 5.95. The standard InChI is InChI=1S/C24H24FN3O2/c1-17-8-12-20(13-9-17)26-22(29)16-28(2)23(18-6-4-3-5-7-18)24(30)27-21-14-10-19(25)11-15-21/h3-15,23H,16H2,1-2H3,(H,26,29)(H,27,30)/p+1/t23-/m1/s1. The van der Waals surface area contributed by atoms with Crippen LogP contribution in [-0.2, 0) is 9.59 Å². The quantitative estimate of drug-likeness (QED) is 0.565. The third kappa shape index (κ3) is 5.75. The van der Waals surface area contributed by atoms with E-state index < -0.39 is 6.04 Å². The largest absolute Gasteiger partial charge is 0.321 e. The number of amides is 2. The zero-order valence-corrected chi connectivity index (χ0v) is 17.0. The van der Waals surface area contributed by atoms with Crippen LogP contribution >= 0.6 is 0 Å². The Labute approximate surface area is 175 Å². The second-order valence-electron chi connectivity index (χ2n) is 7.28. The Morgan fingerprint density at radius 3 is 2.07 bits per heavy atom. The number of halogens is 1. The topological polar surface area (TPSA) is 62.6 Å². The van der Waals surface area contributed by atoms with Crippen LogP contribution in [0, 0.1) is 12.7 Å². The van der Waals surface area contributed by atoms with Gasteiger partial charge in [0.25, 0.3) is 11.8 Å². The van der Waals surface area contributed by atoms with Crippen molar-refractivity contribution < 1.29 is 18.9 Å². The van der Waals surface area contributed by atoms with Gasteiger partial charge in [0.05, 0.1) is 7.05 Å². The second kappa shape index (κ2) is 9.80. The number of carbonyl (C=O) groups excluding carboxylic acids is 2. The van der Waals surface area contributed by atoms with Gasteiger partial charge < -0.3 is 15.5 Å². The lowest BCUT2D eigenvalue weighted by atomic mass is 10.0. The molecule has 0 aliphatic rings. The molecule has 0 spiro atoms. The highest BCUT2D eigenvalue weighted by atomic mass is 19.1. The Bertz CT molecular complexity index is 989. The summed E-state index contributed by atoms with van der Waals surface area (Å²) in [6.45, 7) is 2.08. The van der Waals surface area contributed by atoms with Crippen LogP contribution in [0.3, 0.4) is 0 Å². The molecule has 6 heteroatoms. The number of hydrogen-bond donors (Lipinski definition) is 3. The fourth-order valence-electron chi connectivity index (χ4n) is 3.25. The van der Waals surface area contributed by atoms with E-state index in [9.17, 15) is 14.0 Å². The molecule has 30 heavy (non-hydrogen) atoms. The molecule has 5 nitrogen and oxygen atoms in total. The second-order valence-corrected chi connectivity index (χ2v) is 7.28. The van der Waals surface area contributed by atoms with Crippen molar-refractivity contribution in [2.75, 3.05) is 24.2 Å². The molecule has 0 aliphatic carbocycles. The highest BCUT2D eigenvalue weighted by Gasteiger charge is 2.30. The van der Waals surface area contributed by atoms with Crippen molar-refractivity contribution in [2.45, 2.75) is 13.0 Å². The first-order valence-corrected chi connectivity index (χ1v) is 9.72. The van der Waals surface area contributed by atoms with E-state index in [0.717, 1.165) is 11.1 Å². The van der Waals surface area contributed by atoms with Gasteiger partial charge in [-0.15, -0.1) is 0 Å². The van der Waals surface area contributed by atoms with E-state index in [1.54, 1.807) is 7.05 Å². The molecule has 3 aromatic rings. The molecule has 0 heterocycles. The third-order valence-electron chi connectivity index (χ3n) is 4.77. The van der Waals surface area contributed by atoms with E-state index in [-0.39, 0.29) is 24.2 Å². The fourth-order valence-corrected chi connectivity index (χ4v) is 3.25. The summed E-state index contributed by atoms with van der Waals surface area (Å²) < 4.78 is 13.2. The molecule has 0 aliphatic heterocycles. The molecule has 0 fully saturated rings. The van der Waals surface area contributed by atoms with E-state index in [4.69, 9.17) is 0 Å². The minimum absolute atomic E-state index is 0.101. The SMILES string of the molecule is Cc1ccc(NC(=O)C[NH+](C)[C@@H](C(=O)Nc2ccc(F)cc2)c2ccccc2)cc1. The molecular weight excluding hydrogens is 381 g/mol. The molecule has 3 aromatic carbocycles. The number of likely N-dealkylation sites (N-methyl/N-ethyl adjacent to an activating group) is 1. The fraction of sp³-hybridized carbons (Fsp3) is 0.167.